The Morgan fingerprint density at radius 2 is 2.00 bits per heavy atom. The lowest BCUT2D eigenvalue weighted by molar-refractivity contribution is -0.122. The van der Waals surface area contributed by atoms with Gasteiger partial charge in [-0.2, -0.15) is 0 Å². The lowest BCUT2D eigenvalue weighted by Gasteiger charge is -2.23. The number of nitrogens with one attached hydrogen (secondary N) is 2. The number of amides is 1. The van der Waals surface area contributed by atoms with Crippen molar-refractivity contribution in [1.29, 1.82) is 0 Å². The van der Waals surface area contributed by atoms with Crippen molar-refractivity contribution in [2.24, 2.45) is 5.73 Å². The first-order chi connectivity index (χ1) is 9.38. The molecule has 1 aromatic rings. The Labute approximate surface area is 122 Å². The average Bonchev–Trinajstić information content (AvgIpc) is 2.41. The molecule has 0 saturated carbocycles. The molecule has 1 saturated heterocycles. The number of carbonyl (C=O) groups excluding carboxylic acids is 1. The third kappa shape index (κ3) is 3.53. The van der Waals surface area contributed by atoms with E-state index in [4.69, 9.17) is 18.0 Å². The van der Waals surface area contributed by atoms with Gasteiger partial charge in [0.15, 0.2) is 0 Å². The van der Waals surface area contributed by atoms with Crippen LogP contribution < -0.4 is 15.8 Å². The molecule has 6 nitrogen and oxygen atoms in total. The predicted octanol–water partition coefficient (Wildman–Crippen LogP) is -0.122. The first kappa shape index (κ1) is 14.9. The van der Waals surface area contributed by atoms with Gasteiger partial charge in [-0.3, -0.25) is 4.79 Å². The van der Waals surface area contributed by atoms with Gasteiger partial charge in [0.05, 0.1) is 4.90 Å². The molecule has 0 bridgehead atoms. The topological polar surface area (TPSA) is 101 Å². The first-order valence-corrected chi connectivity index (χ1v) is 7.96. The zero-order valence-corrected chi connectivity index (χ0v) is 12.3. The molecule has 1 amide bonds. The fraction of sp³-hybridized carbons (Fsp3) is 0.333. The third-order valence-electron chi connectivity index (χ3n) is 3.04. The van der Waals surface area contributed by atoms with Crippen LogP contribution in [0.1, 0.15) is 18.4 Å². The summed E-state index contributed by atoms with van der Waals surface area (Å²) in [5, 5.41) is 2.63. The minimum Gasteiger partial charge on any atom is -0.389 e. The highest BCUT2D eigenvalue weighted by Crippen LogP contribution is 2.13. The van der Waals surface area contributed by atoms with Crippen molar-refractivity contribution in [3.63, 3.8) is 0 Å². The van der Waals surface area contributed by atoms with E-state index in [-0.39, 0.29) is 21.8 Å². The number of hydrogen-bond acceptors (Lipinski definition) is 4. The fourth-order valence-corrected chi connectivity index (χ4v) is 3.33. The summed E-state index contributed by atoms with van der Waals surface area (Å²) in [5.41, 5.74) is 6.08. The van der Waals surface area contributed by atoms with E-state index in [1.807, 2.05) is 0 Å². The second kappa shape index (κ2) is 5.86. The first-order valence-electron chi connectivity index (χ1n) is 6.07. The molecule has 1 fully saturated rings. The molecule has 4 N–H and O–H groups in total. The summed E-state index contributed by atoms with van der Waals surface area (Å²) < 4.78 is 26.9. The molecule has 1 unspecified atom stereocenters. The zero-order chi connectivity index (χ0) is 14.8. The Hall–Kier alpha value is -1.51. The highest BCUT2D eigenvalue weighted by molar-refractivity contribution is 7.89. The van der Waals surface area contributed by atoms with Crippen molar-refractivity contribution < 1.29 is 13.2 Å². The summed E-state index contributed by atoms with van der Waals surface area (Å²) >= 11 is 4.81. The minimum atomic E-state index is -3.61. The molecule has 0 aromatic heterocycles. The number of thiocarbonyl (C=S) groups is 1. The van der Waals surface area contributed by atoms with E-state index in [1.165, 1.54) is 12.1 Å². The molecule has 20 heavy (non-hydrogen) atoms. The van der Waals surface area contributed by atoms with Crippen molar-refractivity contribution >= 4 is 33.1 Å². The van der Waals surface area contributed by atoms with E-state index >= 15 is 0 Å². The molecule has 1 aliphatic heterocycles. The van der Waals surface area contributed by atoms with Gasteiger partial charge >= 0.3 is 0 Å². The van der Waals surface area contributed by atoms with Gasteiger partial charge in [-0.1, -0.05) is 24.4 Å². The van der Waals surface area contributed by atoms with E-state index in [0.29, 0.717) is 24.9 Å². The molecule has 1 atom stereocenters. The van der Waals surface area contributed by atoms with Crippen molar-refractivity contribution in [3.8, 4) is 0 Å². The number of carbonyl (C=O) groups is 1. The van der Waals surface area contributed by atoms with Crippen LogP contribution in [0, 0.1) is 0 Å². The summed E-state index contributed by atoms with van der Waals surface area (Å²) in [6.45, 7) is 0.309. The van der Waals surface area contributed by atoms with E-state index in [0.717, 1.165) is 0 Å². The summed E-state index contributed by atoms with van der Waals surface area (Å²) in [4.78, 5) is 11.4. The fourth-order valence-electron chi connectivity index (χ4n) is 1.92. The smallest absolute Gasteiger partial charge is 0.240 e. The number of benzene rings is 1. The summed E-state index contributed by atoms with van der Waals surface area (Å²) in [5.74, 6) is -0.0544. The molecule has 2 rings (SSSR count). The Morgan fingerprint density at radius 3 is 2.50 bits per heavy atom. The van der Waals surface area contributed by atoms with Gasteiger partial charge in [-0.05, 0) is 18.6 Å². The van der Waals surface area contributed by atoms with Crippen LogP contribution in [0.5, 0.6) is 0 Å². The molecule has 1 heterocycles. The number of rotatable bonds is 4. The predicted molar refractivity (Wildman–Crippen MR) is 78.7 cm³/mol. The molecule has 0 spiro atoms. The maximum Gasteiger partial charge on any atom is 0.240 e. The standard InChI is InChI=1S/C12H15N3O3S2/c13-12(19)8-1-4-10(5-2-8)20(17,18)15-9-3-6-11(16)14-7-9/h1-2,4-5,9,15H,3,6-7H2,(H2,13,19)(H,14,16). The molecule has 0 radical (unpaired) electrons. The van der Waals surface area contributed by atoms with Crippen LogP contribution in [0.25, 0.3) is 0 Å². The quantitative estimate of drug-likeness (QED) is 0.673. The SMILES string of the molecule is NC(=S)c1ccc(S(=O)(=O)NC2CCC(=O)NC2)cc1. The van der Waals surface area contributed by atoms with Crippen LogP contribution in [0.3, 0.4) is 0 Å². The molecule has 108 valence electrons. The van der Waals surface area contributed by atoms with Gasteiger partial charge in [-0.25, -0.2) is 13.1 Å². The van der Waals surface area contributed by atoms with Crippen molar-refractivity contribution in [2.75, 3.05) is 6.54 Å². The lowest BCUT2D eigenvalue weighted by Crippen LogP contribution is -2.47. The van der Waals surface area contributed by atoms with Crippen LogP contribution in [0.2, 0.25) is 0 Å². The number of sulfonamides is 1. The van der Waals surface area contributed by atoms with Crippen LogP contribution in [0.15, 0.2) is 29.2 Å². The third-order valence-corrected chi connectivity index (χ3v) is 4.81. The van der Waals surface area contributed by atoms with E-state index in [2.05, 4.69) is 10.0 Å². The van der Waals surface area contributed by atoms with Gasteiger partial charge in [0.1, 0.15) is 4.99 Å². The van der Waals surface area contributed by atoms with Crippen LogP contribution in [0.4, 0.5) is 0 Å². The second-order valence-corrected chi connectivity index (χ2v) is 6.70. The Bertz CT molecular complexity index is 616. The largest absolute Gasteiger partial charge is 0.389 e. The second-order valence-electron chi connectivity index (χ2n) is 4.55. The molecule has 1 aliphatic rings. The van der Waals surface area contributed by atoms with Crippen molar-refractivity contribution in [3.05, 3.63) is 29.8 Å². The Morgan fingerprint density at radius 1 is 1.35 bits per heavy atom. The summed E-state index contributed by atoms with van der Waals surface area (Å²) in [6, 6.07) is 5.77. The van der Waals surface area contributed by atoms with E-state index < -0.39 is 10.0 Å². The van der Waals surface area contributed by atoms with Gasteiger partial charge in [0.25, 0.3) is 0 Å². The normalized spacial score (nSPS) is 19.4. The average molecular weight is 313 g/mol. The number of hydrogen-bond donors (Lipinski definition) is 3. The highest BCUT2D eigenvalue weighted by atomic mass is 32.2. The molecule has 8 heteroatoms. The zero-order valence-electron chi connectivity index (χ0n) is 10.6. The van der Waals surface area contributed by atoms with Crippen LogP contribution in [-0.2, 0) is 14.8 Å². The van der Waals surface area contributed by atoms with Crippen molar-refractivity contribution in [2.45, 2.75) is 23.8 Å². The molecule has 0 aliphatic carbocycles. The number of nitrogens with two attached hydrogens (primary N) is 1. The van der Waals surface area contributed by atoms with Gasteiger partial charge in [0.2, 0.25) is 15.9 Å². The Balaban J connectivity index is 2.10. The van der Waals surface area contributed by atoms with E-state index in [1.54, 1.807) is 12.1 Å². The van der Waals surface area contributed by atoms with Gasteiger partial charge in [-0.15, -0.1) is 0 Å². The van der Waals surface area contributed by atoms with Crippen LogP contribution in [-0.4, -0.2) is 31.9 Å². The molecular weight excluding hydrogens is 298 g/mol. The summed E-state index contributed by atoms with van der Waals surface area (Å²) in [6.07, 6.45) is 0.823. The lowest BCUT2D eigenvalue weighted by atomic mass is 10.1. The maximum atomic E-state index is 12.2. The molecule has 1 aromatic carbocycles. The van der Waals surface area contributed by atoms with Crippen molar-refractivity contribution in [1.82, 2.24) is 10.0 Å². The highest BCUT2D eigenvalue weighted by Gasteiger charge is 2.24. The minimum absolute atomic E-state index is 0.0544. The molecular formula is C12H15N3O3S2. The number of piperidine rings is 1. The van der Waals surface area contributed by atoms with Gasteiger partial charge in [0, 0.05) is 24.6 Å². The maximum absolute atomic E-state index is 12.2. The van der Waals surface area contributed by atoms with Gasteiger partial charge < -0.3 is 11.1 Å². The Kier molecular flexibility index (Phi) is 4.36. The van der Waals surface area contributed by atoms with Crippen LogP contribution >= 0.6 is 12.2 Å². The summed E-state index contributed by atoms with van der Waals surface area (Å²) in [7, 11) is -3.61. The monoisotopic (exact) mass is 313 g/mol. The van der Waals surface area contributed by atoms with E-state index in [9.17, 15) is 13.2 Å².